The Bertz CT molecular complexity index is 9660. The molecule has 0 bridgehead atoms. The predicted octanol–water partition coefficient (Wildman–Crippen LogP) is 38.8. The van der Waals surface area contributed by atoms with Crippen LogP contribution >= 0.6 is 0 Å². The molecule has 0 aliphatic carbocycles. The van der Waals surface area contributed by atoms with Crippen molar-refractivity contribution in [1.29, 1.82) is 0 Å². The minimum Gasteiger partial charge on any atom is -0.307 e. The van der Waals surface area contributed by atoms with Crippen LogP contribution < -0.4 is 9.80 Å². The zero-order valence-corrected chi connectivity index (χ0v) is 79.9. The van der Waals surface area contributed by atoms with Gasteiger partial charge >= 0.3 is 0 Å². The third kappa shape index (κ3) is 16.6. The quantitative estimate of drug-likeness (QED) is 0.0426. The van der Waals surface area contributed by atoms with E-state index in [-0.39, 0.29) is 56.4 Å². The monoisotopic (exact) mass is 1880 g/mol. The summed E-state index contributed by atoms with van der Waals surface area (Å²) in [6.45, 7) is 15.6. The first-order valence-electron chi connectivity index (χ1n) is 57.8. The van der Waals surface area contributed by atoms with Gasteiger partial charge in [0.05, 0.1) is 50.2 Å². The van der Waals surface area contributed by atoms with Crippen LogP contribution in [0.4, 0.5) is 51.7 Å². The van der Waals surface area contributed by atoms with Crippen LogP contribution in [0.2, 0.25) is 0 Å². The molecule has 0 amide bonds. The summed E-state index contributed by atoms with van der Waals surface area (Å²) < 4.78 is 255. The molecule has 0 saturated heterocycles. The lowest BCUT2D eigenvalue weighted by molar-refractivity contribution is 0.608. The van der Waals surface area contributed by atoms with E-state index >= 15 is 17.6 Å². The SMILES string of the molecule is [2H]c1c([2H])c([2H])c(C(c2c(F)ccc(-c3ccc(C)cc3)c2-c2ccc(C)cc2)c2ccc3ccc4c(N(c5c([2H])c([2H])c([2H])c([2H])c5[2H])c5c(F)ccc(-c6ccc(C)cc6)c5-c5ccc(C)cc5)ccc5ccc2c3c54)c([2H])c1[2H].[2H]c1c([2H])c([2H])c(C(c2c(F)ccc(-c3cccc(C)c3)c2-c2cccc(C)c2)c2ccc3ccc4c(N(c5c([2H])c([2H])c([2H])c([2H])c5[2H])c5c(F)ccc(-c6cccc(C)c6)c5-c5cccc(C)c5)ccc5ccc2c3c54)c([2H])c1[2H]. The number of hydrogen-bond acceptors (Lipinski definition) is 2. The molecule has 0 aliphatic heterocycles. The molecule has 0 fully saturated rings. The Morgan fingerprint density at radius 3 is 0.861 bits per heavy atom. The second-order valence-electron chi connectivity index (χ2n) is 37.2. The lowest BCUT2D eigenvalue weighted by Gasteiger charge is -2.31. The van der Waals surface area contributed by atoms with E-state index in [1.165, 1.54) is 34.1 Å². The first kappa shape index (κ1) is 70.3. The molecule has 0 aliphatic rings. The van der Waals surface area contributed by atoms with E-state index in [4.69, 9.17) is 16.4 Å². The summed E-state index contributed by atoms with van der Waals surface area (Å²) in [7, 11) is 0. The van der Waals surface area contributed by atoms with Crippen molar-refractivity contribution in [3.8, 4) is 89.0 Å². The van der Waals surface area contributed by atoms with Crippen LogP contribution in [-0.2, 0) is 0 Å². The van der Waals surface area contributed by atoms with Gasteiger partial charge in [-0.2, -0.15) is 0 Å². The highest BCUT2D eigenvalue weighted by molar-refractivity contribution is 6.28. The maximum atomic E-state index is 18.0. The zero-order valence-electron chi connectivity index (χ0n) is 99.9. The van der Waals surface area contributed by atoms with Gasteiger partial charge in [-0.05, 0) is 270 Å². The van der Waals surface area contributed by atoms with Gasteiger partial charge in [0.15, 0.2) is 0 Å². The molecule has 2 unspecified atom stereocenters. The Morgan fingerprint density at radius 1 is 0.215 bits per heavy atom. The van der Waals surface area contributed by atoms with E-state index in [1.807, 2.05) is 334 Å². The van der Waals surface area contributed by atoms with Gasteiger partial charge in [-0.15, -0.1) is 0 Å². The fourth-order valence-corrected chi connectivity index (χ4v) is 21.3. The smallest absolute Gasteiger partial charge is 0.147 e. The average Bonchev–Trinajstić information content (AvgIpc) is 0.706. The van der Waals surface area contributed by atoms with Gasteiger partial charge in [-0.25, -0.2) is 17.6 Å². The van der Waals surface area contributed by atoms with Crippen LogP contribution in [-0.4, -0.2) is 0 Å². The Labute approximate surface area is 866 Å². The van der Waals surface area contributed by atoms with Crippen LogP contribution in [0.15, 0.2) is 461 Å². The largest absolute Gasteiger partial charge is 0.307 e. The summed E-state index contributed by atoms with van der Waals surface area (Å²) in [5, 5.41) is 7.56. The number of hydrogen-bond donors (Lipinski definition) is 0. The molecule has 0 spiro atoms. The number of nitrogens with zero attached hydrogens (tertiary/aromatic N) is 2. The summed E-state index contributed by atoms with van der Waals surface area (Å²) in [5.74, 6) is -5.45. The predicted molar refractivity (Wildman–Crippen MR) is 599 cm³/mol. The second-order valence-corrected chi connectivity index (χ2v) is 37.2. The van der Waals surface area contributed by atoms with Gasteiger partial charge in [0, 0.05) is 56.2 Å². The van der Waals surface area contributed by atoms with Crippen LogP contribution in [0.3, 0.4) is 0 Å². The molecule has 2 atom stereocenters. The van der Waals surface area contributed by atoms with Crippen molar-refractivity contribution < 1.29 is 45.0 Å². The topological polar surface area (TPSA) is 6.48 Å². The van der Waals surface area contributed by atoms with Gasteiger partial charge in [-0.3, -0.25) is 0 Å². The zero-order chi connectivity index (χ0) is 115. The highest BCUT2D eigenvalue weighted by Crippen LogP contribution is 2.57. The van der Waals surface area contributed by atoms with Gasteiger partial charge in [0.1, 0.15) is 23.3 Å². The number of benzene rings is 24. The summed E-state index contributed by atoms with van der Waals surface area (Å²) in [5.41, 5.74) is 18.3. The molecule has 24 aromatic rings. The van der Waals surface area contributed by atoms with E-state index < -0.39 is 156 Å². The van der Waals surface area contributed by atoms with Crippen molar-refractivity contribution in [1.82, 2.24) is 0 Å². The van der Waals surface area contributed by atoms with Crippen LogP contribution in [0.1, 0.15) is 117 Å². The van der Waals surface area contributed by atoms with Crippen molar-refractivity contribution >= 4 is 98.8 Å². The van der Waals surface area contributed by atoms with Gasteiger partial charge in [0.2, 0.25) is 0 Å². The third-order valence-electron chi connectivity index (χ3n) is 27.8. The van der Waals surface area contributed by atoms with Crippen LogP contribution in [0, 0.1) is 78.7 Å². The number of rotatable bonds is 20. The fraction of sp³-hybridized carbons (Fsp3) is 0.0725. The van der Waals surface area contributed by atoms with E-state index in [9.17, 15) is 11.0 Å². The highest BCUT2D eigenvalue weighted by atomic mass is 19.1. The minimum absolute atomic E-state index is 0.0623. The summed E-state index contributed by atoms with van der Waals surface area (Å²) in [4.78, 5) is 2.90. The fourth-order valence-electron chi connectivity index (χ4n) is 21.3. The minimum atomic E-state index is -1.34. The van der Waals surface area contributed by atoms with E-state index in [2.05, 4.69) is 0 Å². The van der Waals surface area contributed by atoms with Gasteiger partial charge in [-0.1, -0.05) is 445 Å². The first-order valence-corrected chi connectivity index (χ1v) is 47.8. The Balaban J connectivity index is 0.000000176. The van der Waals surface area contributed by atoms with E-state index in [0.29, 0.717) is 121 Å². The van der Waals surface area contributed by atoms with E-state index in [0.717, 1.165) is 88.3 Å². The Hall–Kier alpha value is -17.3. The Kier molecular flexibility index (Phi) is 18.6. The molecule has 2 nitrogen and oxygen atoms in total. The molecule has 0 radical (unpaired) electrons. The lowest BCUT2D eigenvalue weighted by Crippen LogP contribution is -2.14. The van der Waals surface area contributed by atoms with Crippen molar-refractivity contribution in [2.75, 3.05) is 9.80 Å². The maximum absolute atomic E-state index is 18.0. The molecule has 0 aromatic heterocycles. The van der Waals surface area contributed by atoms with Crippen LogP contribution in [0.25, 0.3) is 154 Å². The van der Waals surface area contributed by atoms with Gasteiger partial charge < -0.3 is 9.80 Å². The molecule has 24 aromatic carbocycles. The average molecular weight is 1880 g/mol. The molecule has 144 heavy (non-hydrogen) atoms. The third-order valence-corrected chi connectivity index (χ3v) is 27.8. The van der Waals surface area contributed by atoms with Crippen LogP contribution in [0.5, 0.6) is 0 Å². The first-order chi connectivity index (χ1) is 78.7. The molecule has 24 rings (SSSR count). The summed E-state index contributed by atoms with van der Waals surface area (Å²) in [6, 6.07) is 92.3. The highest BCUT2D eigenvalue weighted by Gasteiger charge is 2.35. The number of halogens is 4. The van der Waals surface area contributed by atoms with Crippen molar-refractivity contribution in [2.24, 2.45) is 0 Å². The lowest BCUT2D eigenvalue weighted by atomic mass is 9.76. The number of para-hydroxylation sites is 2. The van der Waals surface area contributed by atoms with Crippen molar-refractivity contribution in [3.05, 3.63) is 562 Å². The molecule has 0 N–H and O–H groups in total. The number of aryl methyl sites for hydroxylation is 8. The molecular formula is C138H102F4N2. The summed E-state index contributed by atoms with van der Waals surface area (Å²) in [6.07, 6.45) is 0. The van der Waals surface area contributed by atoms with Crippen molar-refractivity contribution in [2.45, 2.75) is 67.2 Å². The summed E-state index contributed by atoms with van der Waals surface area (Å²) >= 11 is 0. The second kappa shape index (κ2) is 38.0. The Morgan fingerprint density at radius 2 is 0.486 bits per heavy atom. The maximum Gasteiger partial charge on any atom is 0.147 e. The van der Waals surface area contributed by atoms with E-state index in [1.54, 1.807) is 36.4 Å². The standard InChI is InChI=1S/2C69H51F2N/c1-43-15-11-21-50(39-43)55-34-36-60(70)68(66(55)52-23-13-17-45(3)41-52)64(47-19-7-5-8-20-47)58-32-27-48-29-33-59-62(38-30-49-28-31-57(58)63(48)65(49)59)72(54-25-9-6-10-26-54)69-61(71)37-35-56(51-22-12-16-44(2)40-51)67(69)53-24-14-18-46(4)42-53;1-43-15-23-47(24-16-43)55-38-40-60(70)68(63(55)50-27-19-45(3)20-28-50)65(49-11-7-5-8-12-49)58-36-31-51-33-37-59-62(42-34-52-32-35-57(58)64(51)66(52)59)72(54-13-9-6-10-14-54)69-61(71)41-39-56(48-25-17-44(2)18-26-48)67(69)53-29-21-46(4)22-30-53/h5-42,64H,1-4H3;5-42,65H,1-4H3/i5D,6D,7D,8D,9D,10D,19D,20D,25D,26D;5D,6D,7D,8D,9D,10D,11D,12D,13D,14D. The number of anilines is 6. The molecule has 0 saturated carbocycles. The molecule has 692 valence electrons. The normalized spacial score (nSPS) is 13.9. The molecule has 6 heteroatoms. The molecular weight excluding hydrogens is 1760 g/mol. The van der Waals surface area contributed by atoms with Crippen molar-refractivity contribution in [3.63, 3.8) is 0 Å². The van der Waals surface area contributed by atoms with Gasteiger partial charge in [0.25, 0.3) is 0 Å². The molecule has 0 heterocycles.